The Morgan fingerprint density at radius 1 is 1.00 bits per heavy atom. The number of nitrogens with one attached hydrogen (secondary N) is 1. The van der Waals surface area contributed by atoms with Gasteiger partial charge in [0, 0.05) is 18.7 Å². The molecule has 1 aromatic rings. The van der Waals surface area contributed by atoms with Crippen LogP contribution in [0.25, 0.3) is 0 Å². The molecule has 4 nitrogen and oxygen atoms in total. The van der Waals surface area contributed by atoms with E-state index in [1.807, 2.05) is 23.1 Å². The van der Waals surface area contributed by atoms with Gasteiger partial charge in [0.2, 0.25) is 5.91 Å². The van der Waals surface area contributed by atoms with Gasteiger partial charge < -0.3 is 10.2 Å². The zero-order valence-electron chi connectivity index (χ0n) is 11.1. The third kappa shape index (κ3) is 4.09. The molecule has 1 aliphatic heterocycles. The molecule has 0 spiro atoms. The van der Waals surface area contributed by atoms with Gasteiger partial charge >= 0.3 is 0 Å². The molecule has 102 valence electrons. The number of amides is 2. The van der Waals surface area contributed by atoms with Gasteiger partial charge in [0.05, 0.1) is 6.54 Å². The fourth-order valence-corrected chi connectivity index (χ4v) is 2.28. The lowest BCUT2D eigenvalue weighted by Gasteiger charge is -2.20. The summed E-state index contributed by atoms with van der Waals surface area (Å²) in [5.41, 5.74) is 0.589. The minimum atomic E-state index is -0.191. The maximum atomic E-state index is 12.0. The first-order chi connectivity index (χ1) is 9.27. The number of rotatable bonds is 3. The molecule has 1 aliphatic rings. The van der Waals surface area contributed by atoms with Crippen LogP contribution in [0, 0.1) is 0 Å². The summed E-state index contributed by atoms with van der Waals surface area (Å²) in [6, 6.07) is 8.97. The zero-order chi connectivity index (χ0) is 13.5. The molecule has 4 heteroatoms. The monoisotopic (exact) mass is 260 g/mol. The molecule has 1 fully saturated rings. The molecule has 0 saturated carbocycles. The molecule has 1 aromatic carbocycles. The molecule has 0 unspecified atom stereocenters. The Kier molecular flexibility index (Phi) is 4.95. The van der Waals surface area contributed by atoms with Crippen molar-refractivity contribution in [2.75, 3.05) is 19.6 Å². The average Bonchev–Trinajstić information content (AvgIpc) is 2.74. The van der Waals surface area contributed by atoms with E-state index in [2.05, 4.69) is 5.32 Å². The van der Waals surface area contributed by atoms with Crippen molar-refractivity contribution >= 4 is 11.8 Å². The Morgan fingerprint density at radius 3 is 2.26 bits per heavy atom. The van der Waals surface area contributed by atoms with Gasteiger partial charge in [-0.15, -0.1) is 0 Å². The van der Waals surface area contributed by atoms with E-state index in [-0.39, 0.29) is 18.4 Å². The third-order valence-electron chi connectivity index (χ3n) is 3.39. The van der Waals surface area contributed by atoms with Gasteiger partial charge in [-0.05, 0) is 25.0 Å². The molecule has 1 heterocycles. The van der Waals surface area contributed by atoms with Crippen LogP contribution in [0.15, 0.2) is 30.3 Å². The van der Waals surface area contributed by atoms with Crippen molar-refractivity contribution in [2.24, 2.45) is 0 Å². The van der Waals surface area contributed by atoms with Crippen molar-refractivity contribution in [3.63, 3.8) is 0 Å². The van der Waals surface area contributed by atoms with Crippen LogP contribution in [-0.2, 0) is 4.79 Å². The topological polar surface area (TPSA) is 49.4 Å². The molecule has 2 rings (SSSR count). The van der Waals surface area contributed by atoms with E-state index >= 15 is 0 Å². The van der Waals surface area contributed by atoms with Gasteiger partial charge in [-0.2, -0.15) is 0 Å². The summed E-state index contributed by atoms with van der Waals surface area (Å²) in [4.78, 5) is 25.7. The second kappa shape index (κ2) is 6.92. The first kappa shape index (κ1) is 13.6. The average molecular weight is 260 g/mol. The highest BCUT2D eigenvalue weighted by Gasteiger charge is 2.16. The normalized spacial score (nSPS) is 15.7. The minimum Gasteiger partial charge on any atom is -0.343 e. The summed E-state index contributed by atoms with van der Waals surface area (Å²) in [5.74, 6) is -0.171. The first-order valence-corrected chi connectivity index (χ1v) is 6.88. The van der Waals surface area contributed by atoms with Gasteiger partial charge in [0.15, 0.2) is 0 Å². The molecule has 1 N–H and O–H groups in total. The number of hydrogen-bond acceptors (Lipinski definition) is 2. The van der Waals surface area contributed by atoms with Crippen molar-refractivity contribution in [3.05, 3.63) is 35.9 Å². The summed E-state index contributed by atoms with van der Waals surface area (Å²) in [5, 5.41) is 2.69. The van der Waals surface area contributed by atoms with E-state index in [1.54, 1.807) is 12.1 Å². The lowest BCUT2D eigenvalue weighted by molar-refractivity contribution is -0.130. The predicted molar refractivity (Wildman–Crippen MR) is 73.8 cm³/mol. The second-order valence-electron chi connectivity index (χ2n) is 4.84. The molecule has 0 aliphatic carbocycles. The van der Waals surface area contributed by atoms with Crippen molar-refractivity contribution in [1.82, 2.24) is 10.2 Å². The van der Waals surface area contributed by atoms with Gasteiger partial charge in [0.25, 0.3) is 5.91 Å². The summed E-state index contributed by atoms with van der Waals surface area (Å²) in [6.45, 7) is 1.73. The largest absolute Gasteiger partial charge is 0.343 e. The third-order valence-corrected chi connectivity index (χ3v) is 3.39. The number of benzene rings is 1. The van der Waals surface area contributed by atoms with Crippen molar-refractivity contribution in [1.29, 1.82) is 0 Å². The highest BCUT2D eigenvalue weighted by Crippen LogP contribution is 2.09. The molecular weight excluding hydrogens is 240 g/mol. The van der Waals surface area contributed by atoms with Gasteiger partial charge in [-0.3, -0.25) is 9.59 Å². The Hall–Kier alpha value is -1.84. The van der Waals surface area contributed by atoms with E-state index in [0.29, 0.717) is 5.56 Å². The Balaban J connectivity index is 1.81. The lowest BCUT2D eigenvalue weighted by atomic mass is 10.2. The number of carbonyl (C=O) groups excluding carboxylic acids is 2. The van der Waals surface area contributed by atoms with Crippen LogP contribution in [0.1, 0.15) is 36.0 Å². The molecular formula is C15H20N2O2. The van der Waals surface area contributed by atoms with Gasteiger partial charge in [-0.1, -0.05) is 31.0 Å². The van der Waals surface area contributed by atoms with Crippen LogP contribution in [0.5, 0.6) is 0 Å². The van der Waals surface area contributed by atoms with Gasteiger partial charge in [-0.25, -0.2) is 0 Å². The fourth-order valence-electron chi connectivity index (χ4n) is 2.28. The quantitative estimate of drug-likeness (QED) is 0.901. The highest BCUT2D eigenvalue weighted by molar-refractivity contribution is 5.96. The summed E-state index contributed by atoms with van der Waals surface area (Å²) in [7, 11) is 0. The smallest absolute Gasteiger partial charge is 0.251 e. The number of nitrogens with zero attached hydrogens (tertiary/aromatic N) is 1. The number of carbonyl (C=O) groups is 2. The zero-order valence-corrected chi connectivity index (χ0v) is 11.1. The molecule has 0 radical (unpaired) electrons. The molecule has 0 bridgehead atoms. The molecule has 0 atom stereocenters. The Morgan fingerprint density at radius 2 is 1.63 bits per heavy atom. The minimum absolute atomic E-state index is 0.0196. The van der Waals surface area contributed by atoms with Crippen LogP contribution in [0.4, 0.5) is 0 Å². The Bertz CT molecular complexity index is 423. The van der Waals surface area contributed by atoms with Crippen LogP contribution >= 0.6 is 0 Å². The maximum Gasteiger partial charge on any atom is 0.251 e. The highest BCUT2D eigenvalue weighted by atomic mass is 16.2. The van der Waals surface area contributed by atoms with Gasteiger partial charge in [0.1, 0.15) is 0 Å². The molecule has 2 amide bonds. The summed E-state index contributed by atoms with van der Waals surface area (Å²) in [6.07, 6.45) is 4.52. The van der Waals surface area contributed by atoms with E-state index in [4.69, 9.17) is 0 Å². The summed E-state index contributed by atoms with van der Waals surface area (Å²) >= 11 is 0. The maximum absolute atomic E-state index is 12.0. The molecule has 1 saturated heterocycles. The molecule has 0 aromatic heterocycles. The molecule has 19 heavy (non-hydrogen) atoms. The Labute approximate surface area is 113 Å². The van der Waals surface area contributed by atoms with Crippen LogP contribution in [0.3, 0.4) is 0 Å². The van der Waals surface area contributed by atoms with E-state index in [9.17, 15) is 9.59 Å². The van der Waals surface area contributed by atoms with Crippen molar-refractivity contribution in [2.45, 2.75) is 25.7 Å². The lowest BCUT2D eigenvalue weighted by Crippen LogP contribution is -2.40. The van der Waals surface area contributed by atoms with E-state index in [1.165, 1.54) is 12.8 Å². The van der Waals surface area contributed by atoms with Crippen LogP contribution in [0.2, 0.25) is 0 Å². The van der Waals surface area contributed by atoms with E-state index in [0.717, 1.165) is 25.9 Å². The van der Waals surface area contributed by atoms with Crippen LogP contribution < -0.4 is 5.32 Å². The first-order valence-electron chi connectivity index (χ1n) is 6.88. The number of hydrogen-bond donors (Lipinski definition) is 1. The van der Waals surface area contributed by atoms with Crippen molar-refractivity contribution < 1.29 is 9.59 Å². The second-order valence-corrected chi connectivity index (χ2v) is 4.84. The SMILES string of the molecule is O=C(NCC(=O)N1CCCCCC1)c1ccccc1. The van der Waals surface area contributed by atoms with Crippen molar-refractivity contribution in [3.8, 4) is 0 Å². The van der Waals surface area contributed by atoms with E-state index < -0.39 is 0 Å². The van der Waals surface area contributed by atoms with Crippen LogP contribution in [-0.4, -0.2) is 36.3 Å². The number of likely N-dealkylation sites (tertiary alicyclic amines) is 1. The predicted octanol–water partition coefficient (Wildman–Crippen LogP) is 1.82. The standard InChI is InChI=1S/C15H20N2O2/c18-14(17-10-6-1-2-7-11-17)12-16-15(19)13-8-4-3-5-9-13/h3-5,8-9H,1-2,6-7,10-12H2,(H,16,19). The fraction of sp³-hybridized carbons (Fsp3) is 0.467. The summed E-state index contributed by atoms with van der Waals surface area (Å²) < 4.78 is 0.